The molecule has 0 radical (unpaired) electrons. The molecule has 6 nitrogen and oxygen atoms in total. The van der Waals surface area contributed by atoms with Gasteiger partial charge in [0.1, 0.15) is 5.66 Å². The Morgan fingerprint density at radius 3 is 1.19 bits per heavy atom. The van der Waals surface area contributed by atoms with Gasteiger partial charge in [0.25, 0.3) is 0 Å². The number of fused-ring (bicyclic) bond motifs is 30. The topological polar surface area (TPSA) is 38.7 Å². The van der Waals surface area contributed by atoms with Crippen molar-refractivity contribution in [3.05, 3.63) is 229 Å². The van der Waals surface area contributed by atoms with E-state index in [1.54, 1.807) is 0 Å². The number of rotatable bonds is 0. The minimum Gasteiger partial charge on any atom is -0.493 e. The molecule has 2 aliphatic carbocycles. The van der Waals surface area contributed by atoms with Gasteiger partial charge in [-0.1, -0.05) is 157 Å². The Bertz CT molecular complexity index is 2760. The van der Waals surface area contributed by atoms with Crippen molar-refractivity contribution in [2.24, 2.45) is 0 Å². The van der Waals surface area contributed by atoms with E-state index in [1.165, 1.54) is 33.4 Å². The van der Waals surface area contributed by atoms with Crippen LogP contribution in [0.3, 0.4) is 0 Å². The van der Waals surface area contributed by atoms with Crippen LogP contribution < -0.4 is 19.6 Å². The van der Waals surface area contributed by atoms with Crippen LogP contribution in [0.4, 0.5) is 34.1 Å². The zero-order chi connectivity index (χ0) is 36.6. The maximum atomic E-state index is 5.03. The fourth-order valence-corrected chi connectivity index (χ4v) is 10.3. The molecule has 0 unspecified atom stereocenters. The standard InChI is InChI=1S/C50H30N6.Pt/c1-5-17-41-37(13-1)38-14-2-6-18-42(38)49(41)33-25-35(29-51-27-33)53-31-55(47-23-11-9-21-45(47)53)50(43-19-7-3-15-39(43)40-16-4-8-20-44(40)50)56-32-54(36-26-34(49)28-52-30-36)46-22-10-12-24-48(46)56;/h1-24,27-32H;/q-4;+4. The molecule has 3 aliphatic heterocycles. The van der Waals surface area contributed by atoms with Gasteiger partial charge in [-0.2, -0.15) is 12.1 Å². The number of hydrogen-bond donors (Lipinski definition) is 0. The second kappa shape index (κ2) is 11.8. The fourth-order valence-electron chi connectivity index (χ4n) is 10.3. The Balaban J connectivity index is 0.00000356. The number of pyridine rings is 2. The largest absolute Gasteiger partial charge is 4.00 e. The van der Waals surface area contributed by atoms with E-state index in [0.29, 0.717) is 0 Å². The van der Waals surface area contributed by atoms with Crippen LogP contribution in [0.5, 0.6) is 0 Å². The van der Waals surface area contributed by atoms with Crippen LogP contribution in [0.15, 0.2) is 170 Å². The van der Waals surface area contributed by atoms with Crippen molar-refractivity contribution in [2.45, 2.75) is 11.1 Å². The van der Waals surface area contributed by atoms with Crippen molar-refractivity contribution in [2.75, 3.05) is 19.6 Å². The first-order chi connectivity index (χ1) is 27.8. The van der Waals surface area contributed by atoms with Crippen molar-refractivity contribution in [1.82, 2.24) is 9.97 Å². The normalized spacial score (nSPS) is 16.3. The van der Waals surface area contributed by atoms with Crippen LogP contribution in [-0.2, 0) is 32.1 Å². The number of aromatic nitrogens is 2. The van der Waals surface area contributed by atoms with Gasteiger partial charge in [-0.25, -0.2) is 0 Å². The summed E-state index contributed by atoms with van der Waals surface area (Å²) >= 11 is 0. The summed E-state index contributed by atoms with van der Waals surface area (Å²) in [7, 11) is 0. The quantitative estimate of drug-likeness (QED) is 0.141. The molecule has 8 bridgehead atoms. The molecule has 57 heavy (non-hydrogen) atoms. The molecule has 0 amide bonds. The smallest absolute Gasteiger partial charge is 0.493 e. The first-order valence-electron chi connectivity index (χ1n) is 19.0. The van der Waals surface area contributed by atoms with Crippen molar-refractivity contribution in [3.63, 3.8) is 0 Å². The molecule has 13 rings (SSSR count). The van der Waals surface area contributed by atoms with Gasteiger partial charge in [0.15, 0.2) is 0 Å². The minimum atomic E-state index is -0.826. The summed E-state index contributed by atoms with van der Waals surface area (Å²) in [5.74, 6) is 0. The number of anilines is 6. The van der Waals surface area contributed by atoms with Gasteiger partial charge < -0.3 is 29.6 Å². The van der Waals surface area contributed by atoms with Gasteiger partial charge in [0, 0.05) is 39.3 Å². The molecular weight excluding hydrogens is 880 g/mol. The molecular formula is C50H30N6Pt. The zero-order valence-electron chi connectivity index (χ0n) is 30.3. The molecule has 5 aliphatic rings. The maximum absolute atomic E-state index is 5.03. The zero-order valence-corrected chi connectivity index (χ0v) is 32.6. The van der Waals surface area contributed by atoms with Crippen molar-refractivity contribution in [3.8, 4) is 22.3 Å². The Morgan fingerprint density at radius 2 is 0.754 bits per heavy atom. The average molecular weight is 910 g/mol. The molecule has 0 atom stereocenters. The van der Waals surface area contributed by atoms with Crippen molar-refractivity contribution >= 4 is 34.1 Å². The molecule has 0 fully saturated rings. The van der Waals surface area contributed by atoms with E-state index in [-0.39, 0.29) is 21.1 Å². The SMILES string of the molecule is [Pt+4].[c-]1c2cncc1C1(c3[c-]c(cnc3)N3[CH-]N(c4ccccc43)C3(c4ccccc4-c4ccccc43)N3[CH-]N2c2ccccc23)c2ccccc2-c2ccccc21. The molecule has 0 saturated heterocycles. The van der Waals surface area contributed by atoms with E-state index in [2.05, 4.69) is 191 Å². The molecule has 8 aromatic rings. The molecule has 5 heterocycles. The van der Waals surface area contributed by atoms with E-state index in [0.717, 1.165) is 56.4 Å². The second-order valence-electron chi connectivity index (χ2n) is 15.0. The first kappa shape index (κ1) is 32.7. The maximum Gasteiger partial charge on any atom is 4.00 e. The van der Waals surface area contributed by atoms with Gasteiger partial charge in [0.05, 0.1) is 0 Å². The third kappa shape index (κ3) is 3.98. The Kier molecular flexibility index (Phi) is 6.75. The first-order valence-corrected chi connectivity index (χ1v) is 19.0. The van der Waals surface area contributed by atoms with Gasteiger partial charge in [-0.15, -0.1) is 24.5 Å². The van der Waals surface area contributed by atoms with Crippen LogP contribution in [0.25, 0.3) is 22.3 Å². The third-order valence-corrected chi connectivity index (χ3v) is 12.5. The Labute approximate surface area is 345 Å². The number of para-hydroxylation sites is 4. The number of hydrogen-bond acceptors (Lipinski definition) is 6. The van der Waals surface area contributed by atoms with Crippen LogP contribution in [0, 0.1) is 25.5 Å². The number of benzene rings is 6. The minimum absolute atomic E-state index is 0. The third-order valence-electron chi connectivity index (χ3n) is 12.5. The molecule has 6 aromatic carbocycles. The molecule has 7 heteroatoms. The molecule has 2 spiro atoms. The predicted octanol–water partition coefficient (Wildman–Crippen LogP) is 10.5. The molecule has 0 saturated carbocycles. The summed E-state index contributed by atoms with van der Waals surface area (Å²) in [6, 6.07) is 60.5. The van der Waals surface area contributed by atoms with E-state index in [4.69, 9.17) is 9.97 Å². The number of nitrogens with zero attached hydrogens (tertiary/aromatic N) is 6. The van der Waals surface area contributed by atoms with Crippen molar-refractivity contribution < 1.29 is 21.1 Å². The fraction of sp³-hybridized carbons (Fsp3) is 0.0400. The van der Waals surface area contributed by atoms with E-state index < -0.39 is 11.1 Å². The van der Waals surface area contributed by atoms with Crippen LogP contribution >= 0.6 is 0 Å². The van der Waals surface area contributed by atoms with Gasteiger partial charge in [-0.3, -0.25) is 0 Å². The van der Waals surface area contributed by atoms with Gasteiger partial charge in [0.2, 0.25) is 0 Å². The summed E-state index contributed by atoms with van der Waals surface area (Å²) in [6.07, 6.45) is 7.84. The van der Waals surface area contributed by atoms with E-state index in [1.807, 2.05) is 24.8 Å². The van der Waals surface area contributed by atoms with Crippen molar-refractivity contribution in [1.29, 1.82) is 0 Å². The Morgan fingerprint density at radius 1 is 0.404 bits per heavy atom. The van der Waals surface area contributed by atoms with Crippen LogP contribution in [-0.4, -0.2) is 9.97 Å². The molecule has 270 valence electrons. The average Bonchev–Trinajstić information content (AvgIpc) is 4.01. The van der Waals surface area contributed by atoms with E-state index in [9.17, 15) is 0 Å². The summed E-state index contributed by atoms with van der Waals surface area (Å²) < 4.78 is 0. The van der Waals surface area contributed by atoms with E-state index >= 15 is 0 Å². The monoisotopic (exact) mass is 909 g/mol. The summed E-state index contributed by atoms with van der Waals surface area (Å²) in [5, 5.41) is 0. The van der Waals surface area contributed by atoms with Gasteiger partial charge >= 0.3 is 21.1 Å². The van der Waals surface area contributed by atoms with Crippen LogP contribution in [0.2, 0.25) is 0 Å². The Hall–Kier alpha value is -6.49. The van der Waals surface area contributed by atoms with Crippen LogP contribution in [0.1, 0.15) is 33.4 Å². The molecule has 0 N–H and O–H groups in total. The summed E-state index contributed by atoms with van der Waals surface area (Å²) in [5.41, 5.74) is 15.7. The summed E-state index contributed by atoms with van der Waals surface area (Å²) in [6.45, 7) is 4.53. The van der Waals surface area contributed by atoms with Gasteiger partial charge in [-0.05, 0) is 57.6 Å². The predicted molar refractivity (Wildman–Crippen MR) is 220 cm³/mol. The second-order valence-corrected chi connectivity index (χ2v) is 15.0. The molecule has 2 aromatic heterocycles. The summed E-state index contributed by atoms with van der Waals surface area (Å²) in [4.78, 5) is 19.5.